The highest BCUT2D eigenvalue weighted by Gasteiger charge is 2.28. The quantitative estimate of drug-likeness (QED) is 0.802. The average molecular weight is 391 g/mol. The van der Waals surface area contributed by atoms with Crippen molar-refractivity contribution in [1.82, 2.24) is 15.0 Å². The monoisotopic (exact) mass is 391 g/mol. The fourth-order valence-electron chi connectivity index (χ4n) is 3.46. The molecule has 2 heterocycles. The summed E-state index contributed by atoms with van der Waals surface area (Å²) in [6, 6.07) is 4.33. The van der Waals surface area contributed by atoms with E-state index in [0.717, 1.165) is 18.2 Å². The van der Waals surface area contributed by atoms with E-state index in [1.54, 1.807) is 18.0 Å². The first kappa shape index (κ1) is 20.0. The van der Waals surface area contributed by atoms with Crippen molar-refractivity contribution in [3.63, 3.8) is 0 Å². The molecule has 0 spiro atoms. The second-order valence-electron chi connectivity index (χ2n) is 6.98. The predicted octanol–water partition coefficient (Wildman–Crippen LogP) is 3.28. The number of hydrogen-bond acceptors (Lipinski definition) is 4. The Kier molecular flexibility index (Phi) is 6.06. The van der Waals surface area contributed by atoms with Gasteiger partial charge in [-0.3, -0.25) is 9.59 Å². The molecule has 2 amide bonds. The highest BCUT2D eigenvalue weighted by atomic mass is 19.1. The van der Waals surface area contributed by atoms with Crippen LogP contribution < -0.4 is 0 Å². The van der Waals surface area contributed by atoms with Crippen molar-refractivity contribution in [3.8, 4) is 0 Å². The van der Waals surface area contributed by atoms with Crippen molar-refractivity contribution >= 4 is 11.8 Å². The van der Waals surface area contributed by atoms with Crippen molar-refractivity contribution in [2.24, 2.45) is 0 Å². The molecule has 1 saturated heterocycles. The highest BCUT2D eigenvalue weighted by molar-refractivity contribution is 5.94. The summed E-state index contributed by atoms with van der Waals surface area (Å²) in [6.07, 6.45) is 2.65. The molecular formula is C20H23F2N3O3. The van der Waals surface area contributed by atoms with E-state index in [-0.39, 0.29) is 23.2 Å². The van der Waals surface area contributed by atoms with Gasteiger partial charge in [-0.05, 0) is 31.4 Å². The first-order chi connectivity index (χ1) is 13.4. The van der Waals surface area contributed by atoms with Gasteiger partial charge in [0, 0.05) is 50.3 Å². The number of amides is 2. The number of aromatic nitrogens is 1. The third-order valence-electron chi connectivity index (χ3n) is 5.09. The second-order valence-corrected chi connectivity index (χ2v) is 6.98. The molecule has 1 atom stereocenters. The van der Waals surface area contributed by atoms with Gasteiger partial charge in [-0.15, -0.1) is 0 Å². The lowest BCUT2D eigenvalue weighted by Gasteiger charge is -2.27. The number of carbonyl (C=O) groups excluding carboxylic acids is 2. The number of halogens is 2. The number of likely N-dealkylation sites (tertiary alicyclic amines) is 1. The number of aryl methyl sites for hydroxylation is 1. The van der Waals surface area contributed by atoms with Crippen LogP contribution in [0, 0.1) is 11.6 Å². The fraction of sp³-hybridized carbons (Fsp3) is 0.450. The van der Waals surface area contributed by atoms with E-state index in [4.69, 9.17) is 4.52 Å². The molecule has 1 aromatic heterocycles. The van der Waals surface area contributed by atoms with Crippen LogP contribution >= 0.6 is 0 Å². The van der Waals surface area contributed by atoms with Gasteiger partial charge < -0.3 is 14.3 Å². The van der Waals surface area contributed by atoms with Crippen LogP contribution in [0.3, 0.4) is 0 Å². The summed E-state index contributed by atoms with van der Waals surface area (Å²) in [6.45, 7) is 2.94. The summed E-state index contributed by atoms with van der Waals surface area (Å²) in [7, 11) is 1.62. The molecule has 1 aliphatic heterocycles. The topological polar surface area (TPSA) is 66.7 Å². The zero-order valence-electron chi connectivity index (χ0n) is 16.0. The third-order valence-corrected chi connectivity index (χ3v) is 5.09. The molecule has 1 aliphatic rings. The zero-order valence-corrected chi connectivity index (χ0v) is 16.0. The summed E-state index contributed by atoms with van der Waals surface area (Å²) >= 11 is 0. The lowest BCUT2D eigenvalue weighted by Crippen LogP contribution is -2.38. The summed E-state index contributed by atoms with van der Waals surface area (Å²) in [5.41, 5.74) is 0.266. The first-order valence-electron chi connectivity index (χ1n) is 9.37. The molecule has 0 saturated carbocycles. The normalized spacial score (nSPS) is 17.3. The van der Waals surface area contributed by atoms with Crippen LogP contribution in [0.2, 0.25) is 0 Å². The smallest absolute Gasteiger partial charge is 0.276 e. The van der Waals surface area contributed by atoms with E-state index in [2.05, 4.69) is 5.16 Å². The van der Waals surface area contributed by atoms with E-state index in [9.17, 15) is 18.4 Å². The Morgan fingerprint density at radius 3 is 2.54 bits per heavy atom. The minimum absolute atomic E-state index is 0.0214. The maximum atomic E-state index is 13.4. The van der Waals surface area contributed by atoms with Crippen LogP contribution in [0.25, 0.3) is 0 Å². The summed E-state index contributed by atoms with van der Waals surface area (Å²) in [4.78, 5) is 28.5. The van der Waals surface area contributed by atoms with Gasteiger partial charge in [-0.2, -0.15) is 0 Å². The molecule has 8 heteroatoms. The summed E-state index contributed by atoms with van der Waals surface area (Å²) in [5, 5.41) is 3.83. The minimum Gasteiger partial charge on any atom is -0.361 e. The Morgan fingerprint density at radius 1 is 1.18 bits per heavy atom. The molecule has 1 fully saturated rings. The van der Waals surface area contributed by atoms with Gasteiger partial charge in [-0.25, -0.2) is 8.78 Å². The van der Waals surface area contributed by atoms with Crippen LogP contribution in [0.5, 0.6) is 0 Å². The molecule has 150 valence electrons. The van der Waals surface area contributed by atoms with Crippen molar-refractivity contribution < 1.29 is 22.9 Å². The van der Waals surface area contributed by atoms with Crippen molar-refractivity contribution in [1.29, 1.82) is 0 Å². The first-order valence-corrected chi connectivity index (χ1v) is 9.37. The molecule has 1 aromatic carbocycles. The molecule has 0 N–H and O–H groups in total. The van der Waals surface area contributed by atoms with Crippen LogP contribution in [0.4, 0.5) is 8.78 Å². The second kappa shape index (κ2) is 8.50. The van der Waals surface area contributed by atoms with Gasteiger partial charge in [0.1, 0.15) is 17.4 Å². The zero-order chi connectivity index (χ0) is 20.3. The highest BCUT2D eigenvalue weighted by Crippen LogP contribution is 2.20. The lowest BCUT2D eigenvalue weighted by molar-refractivity contribution is 0.0707. The van der Waals surface area contributed by atoms with Crippen LogP contribution in [0.15, 0.2) is 28.8 Å². The van der Waals surface area contributed by atoms with Crippen LogP contribution in [0.1, 0.15) is 52.8 Å². The molecule has 2 aromatic rings. The van der Waals surface area contributed by atoms with Gasteiger partial charge >= 0.3 is 0 Å². The Balaban J connectivity index is 1.65. The van der Waals surface area contributed by atoms with E-state index < -0.39 is 17.5 Å². The molecule has 0 bridgehead atoms. The van der Waals surface area contributed by atoms with Gasteiger partial charge in [0.25, 0.3) is 11.8 Å². The number of carbonyl (C=O) groups is 2. The molecule has 0 aliphatic carbocycles. The molecular weight excluding hydrogens is 368 g/mol. The molecule has 3 rings (SSSR count). The Labute approximate surface area is 162 Å². The lowest BCUT2D eigenvalue weighted by atomic mass is 10.1. The third kappa shape index (κ3) is 4.37. The van der Waals surface area contributed by atoms with Crippen LogP contribution in [-0.4, -0.2) is 52.9 Å². The van der Waals surface area contributed by atoms with Gasteiger partial charge in [0.05, 0.1) is 0 Å². The van der Waals surface area contributed by atoms with E-state index >= 15 is 0 Å². The van der Waals surface area contributed by atoms with Gasteiger partial charge in [-0.1, -0.05) is 12.1 Å². The Hall–Kier alpha value is -2.77. The fourth-order valence-corrected chi connectivity index (χ4v) is 3.46. The van der Waals surface area contributed by atoms with Crippen molar-refractivity contribution in [2.45, 2.75) is 38.6 Å². The summed E-state index contributed by atoms with van der Waals surface area (Å²) < 4.78 is 31.9. The van der Waals surface area contributed by atoms with Gasteiger partial charge in [0.2, 0.25) is 0 Å². The van der Waals surface area contributed by atoms with Gasteiger partial charge in [0.15, 0.2) is 5.69 Å². The molecule has 28 heavy (non-hydrogen) atoms. The average Bonchev–Trinajstić information content (AvgIpc) is 3.02. The maximum absolute atomic E-state index is 13.4. The molecule has 0 unspecified atom stereocenters. The number of hydrogen-bond donors (Lipinski definition) is 0. The summed E-state index contributed by atoms with van der Waals surface area (Å²) in [5.74, 6) is -1.54. The van der Waals surface area contributed by atoms with Crippen molar-refractivity contribution in [3.05, 3.63) is 52.9 Å². The van der Waals surface area contributed by atoms with E-state index in [1.807, 2.05) is 6.92 Å². The maximum Gasteiger partial charge on any atom is 0.276 e. The number of benzene rings is 1. The Morgan fingerprint density at radius 2 is 1.89 bits per heavy atom. The van der Waals surface area contributed by atoms with E-state index in [0.29, 0.717) is 44.5 Å². The SMILES string of the molecule is CCc1cc(C(=O)N2CCC[C@H](N(C)C(=O)c3cc(F)cc(F)c3)CC2)no1. The molecule has 0 radical (unpaired) electrons. The standard InChI is InChI=1S/C20H23F2N3O3/c1-3-17-12-18(23-28-17)20(27)25-7-4-5-16(6-8-25)24(2)19(26)13-9-14(21)11-15(22)10-13/h9-12,16H,3-8H2,1-2H3/t16-/m0/s1. The van der Waals surface area contributed by atoms with E-state index in [1.165, 1.54) is 4.90 Å². The van der Waals surface area contributed by atoms with Crippen molar-refractivity contribution in [2.75, 3.05) is 20.1 Å². The largest absolute Gasteiger partial charge is 0.361 e. The number of rotatable bonds is 4. The minimum atomic E-state index is -0.784. The number of nitrogens with zero attached hydrogens (tertiary/aromatic N) is 3. The van der Waals surface area contributed by atoms with Crippen LogP contribution in [-0.2, 0) is 6.42 Å². The molecule has 6 nitrogen and oxygen atoms in total. The Bertz CT molecular complexity index is 848. The predicted molar refractivity (Wildman–Crippen MR) is 97.9 cm³/mol.